The van der Waals surface area contributed by atoms with Gasteiger partial charge in [-0.25, -0.2) is 4.98 Å². The number of benzene rings is 1. The largest absolute Gasteiger partial charge is 0.348 e. The first kappa shape index (κ1) is 17.9. The molecular formula is C19H20ClN5O. The van der Waals surface area contributed by atoms with Crippen molar-refractivity contribution < 1.29 is 4.79 Å². The van der Waals surface area contributed by atoms with Crippen molar-refractivity contribution in [1.82, 2.24) is 24.6 Å². The van der Waals surface area contributed by atoms with E-state index in [-0.39, 0.29) is 5.91 Å². The van der Waals surface area contributed by atoms with Gasteiger partial charge in [-0.2, -0.15) is 5.10 Å². The number of carbonyl (C=O) groups excluding carboxylic acids is 1. The average molecular weight is 370 g/mol. The molecule has 0 radical (unpaired) electrons. The standard InChI is InChI=1S/C19H20ClN5O/c1-14-17(19(20)24(2)23-14)7-8-18(26)22-11-15-3-5-16(6-4-15)12-25-10-9-21-13-25/h3-10,13H,11-12H2,1-2H3,(H,22,26)/b8-7+. The number of rotatable bonds is 6. The van der Waals surface area contributed by atoms with Crippen molar-refractivity contribution in [2.45, 2.75) is 20.0 Å². The summed E-state index contributed by atoms with van der Waals surface area (Å²) in [5.41, 5.74) is 3.76. The SMILES string of the molecule is Cc1nn(C)c(Cl)c1/C=C/C(=O)NCc1ccc(Cn2ccnc2)cc1. The van der Waals surface area contributed by atoms with E-state index < -0.39 is 0 Å². The van der Waals surface area contributed by atoms with Crippen LogP contribution in [-0.2, 0) is 24.9 Å². The van der Waals surface area contributed by atoms with Gasteiger partial charge in [-0.05, 0) is 24.1 Å². The molecule has 0 spiro atoms. The Morgan fingerprint density at radius 1 is 1.27 bits per heavy atom. The maximum absolute atomic E-state index is 12.0. The van der Waals surface area contributed by atoms with Crippen molar-refractivity contribution >= 4 is 23.6 Å². The van der Waals surface area contributed by atoms with Crippen LogP contribution in [-0.4, -0.2) is 25.2 Å². The highest BCUT2D eigenvalue weighted by atomic mass is 35.5. The lowest BCUT2D eigenvalue weighted by atomic mass is 10.1. The number of imidazole rings is 1. The van der Waals surface area contributed by atoms with E-state index >= 15 is 0 Å². The number of halogens is 1. The Hall–Kier alpha value is -2.86. The predicted molar refractivity (Wildman–Crippen MR) is 102 cm³/mol. The number of nitrogens with zero attached hydrogens (tertiary/aromatic N) is 4. The van der Waals surface area contributed by atoms with Crippen LogP contribution in [0.25, 0.3) is 6.08 Å². The summed E-state index contributed by atoms with van der Waals surface area (Å²) in [6.45, 7) is 3.10. The Kier molecular flexibility index (Phi) is 5.53. The molecule has 6 nitrogen and oxygen atoms in total. The Morgan fingerprint density at radius 3 is 2.62 bits per heavy atom. The zero-order valence-electron chi connectivity index (χ0n) is 14.7. The van der Waals surface area contributed by atoms with E-state index in [2.05, 4.69) is 27.5 Å². The number of nitrogens with one attached hydrogen (secondary N) is 1. The monoisotopic (exact) mass is 369 g/mol. The lowest BCUT2D eigenvalue weighted by Gasteiger charge is -2.06. The topological polar surface area (TPSA) is 64.7 Å². The van der Waals surface area contributed by atoms with Crippen LogP contribution in [0.3, 0.4) is 0 Å². The third kappa shape index (κ3) is 4.40. The van der Waals surface area contributed by atoms with Crippen LogP contribution in [0.4, 0.5) is 0 Å². The molecule has 0 atom stereocenters. The number of amides is 1. The van der Waals surface area contributed by atoms with Crippen LogP contribution in [0, 0.1) is 6.92 Å². The molecule has 7 heteroatoms. The molecule has 3 rings (SSSR count). The molecule has 0 aliphatic heterocycles. The number of carbonyl (C=O) groups is 1. The smallest absolute Gasteiger partial charge is 0.244 e. The number of aryl methyl sites for hydroxylation is 2. The average Bonchev–Trinajstić information content (AvgIpc) is 3.21. The van der Waals surface area contributed by atoms with Gasteiger partial charge in [0, 0.05) is 44.2 Å². The Bertz CT molecular complexity index is 910. The molecule has 0 bridgehead atoms. The van der Waals surface area contributed by atoms with Crippen LogP contribution in [0.2, 0.25) is 5.15 Å². The molecule has 1 amide bonds. The minimum Gasteiger partial charge on any atom is -0.348 e. The molecule has 26 heavy (non-hydrogen) atoms. The summed E-state index contributed by atoms with van der Waals surface area (Å²) < 4.78 is 3.59. The van der Waals surface area contributed by atoms with E-state index in [1.54, 1.807) is 30.3 Å². The van der Waals surface area contributed by atoms with Crippen molar-refractivity contribution in [3.8, 4) is 0 Å². The van der Waals surface area contributed by atoms with E-state index in [0.717, 1.165) is 23.4 Å². The maximum atomic E-state index is 12.0. The number of aromatic nitrogens is 4. The molecule has 1 aromatic carbocycles. The number of hydrogen-bond donors (Lipinski definition) is 1. The number of hydrogen-bond acceptors (Lipinski definition) is 3. The third-order valence-electron chi connectivity index (χ3n) is 4.01. The molecular weight excluding hydrogens is 350 g/mol. The molecule has 0 unspecified atom stereocenters. The predicted octanol–water partition coefficient (Wildman–Crippen LogP) is 2.96. The summed E-state index contributed by atoms with van der Waals surface area (Å²) in [6.07, 6.45) is 8.64. The van der Waals surface area contributed by atoms with Crippen LogP contribution in [0.5, 0.6) is 0 Å². The molecule has 0 aliphatic rings. The highest BCUT2D eigenvalue weighted by Crippen LogP contribution is 2.19. The summed E-state index contributed by atoms with van der Waals surface area (Å²) in [5.74, 6) is -0.174. The van der Waals surface area contributed by atoms with Crippen molar-refractivity contribution in [2.75, 3.05) is 0 Å². The van der Waals surface area contributed by atoms with E-state index in [4.69, 9.17) is 11.6 Å². The van der Waals surface area contributed by atoms with Crippen LogP contribution in [0.15, 0.2) is 49.1 Å². The molecule has 2 aromatic heterocycles. The van der Waals surface area contributed by atoms with Crippen LogP contribution < -0.4 is 5.32 Å². The van der Waals surface area contributed by atoms with Crippen molar-refractivity contribution in [3.05, 3.63) is 76.6 Å². The van der Waals surface area contributed by atoms with E-state index in [1.165, 1.54) is 11.6 Å². The van der Waals surface area contributed by atoms with E-state index in [1.807, 2.05) is 29.8 Å². The second kappa shape index (κ2) is 8.01. The fourth-order valence-corrected chi connectivity index (χ4v) is 2.83. The summed E-state index contributed by atoms with van der Waals surface area (Å²) >= 11 is 6.15. The van der Waals surface area contributed by atoms with Gasteiger partial charge in [-0.15, -0.1) is 0 Å². The summed E-state index contributed by atoms with van der Waals surface area (Å²) in [5, 5.41) is 7.60. The van der Waals surface area contributed by atoms with Gasteiger partial charge in [0.15, 0.2) is 0 Å². The molecule has 0 saturated carbocycles. The molecule has 2 heterocycles. The Labute approximate surface area is 157 Å². The fourth-order valence-electron chi connectivity index (χ4n) is 2.60. The molecule has 0 saturated heterocycles. The van der Waals surface area contributed by atoms with E-state index in [0.29, 0.717) is 11.7 Å². The fraction of sp³-hybridized carbons (Fsp3) is 0.211. The highest BCUT2D eigenvalue weighted by molar-refractivity contribution is 6.31. The van der Waals surface area contributed by atoms with Crippen LogP contribution >= 0.6 is 11.6 Å². The van der Waals surface area contributed by atoms with Gasteiger partial charge in [0.2, 0.25) is 5.91 Å². The minimum absolute atomic E-state index is 0.174. The van der Waals surface area contributed by atoms with Gasteiger partial charge in [0.05, 0.1) is 12.0 Å². The third-order valence-corrected chi connectivity index (χ3v) is 4.46. The molecule has 3 aromatic rings. The second-order valence-corrected chi connectivity index (χ2v) is 6.37. The van der Waals surface area contributed by atoms with Crippen molar-refractivity contribution in [3.63, 3.8) is 0 Å². The van der Waals surface area contributed by atoms with E-state index in [9.17, 15) is 4.79 Å². The van der Waals surface area contributed by atoms with Crippen molar-refractivity contribution in [1.29, 1.82) is 0 Å². The Balaban J connectivity index is 1.53. The second-order valence-electron chi connectivity index (χ2n) is 6.02. The molecule has 0 aliphatic carbocycles. The lowest BCUT2D eigenvalue weighted by Crippen LogP contribution is -2.20. The Morgan fingerprint density at radius 2 is 2.00 bits per heavy atom. The first-order chi connectivity index (χ1) is 12.5. The van der Waals surface area contributed by atoms with Gasteiger partial charge in [-0.3, -0.25) is 9.48 Å². The molecule has 1 N–H and O–H groups in total. The maximum Gasteiger partial charge on any atom is 0.244 e. The van der Waals surface area contributed by atoms with Gasteiger partial charge >= 0.3 is 0 Å². The zero-order valence-corrected chi connectivity index (χ0v) is 15.4. The quantitative estimate of drug-likeness (QED) is 0.679. The minimum atomic E-state index is -0.174. The highest BCUT2D eigenvalue weighted by Gasteiger charge is 2.08. The first-order valence-corrected chi connectivity index (χ1v) is 8.59. The summed E-state index contributed by atoms with van der Waals surface area (Å²) in [7, 11) is 1.77. The van der Waals surface area contributed by atoms with Gasteiger partial charge < -0.3 is 9.88 Å². The molecule has 0 fully saturated rings. The summed E-state index contributed by atoms with van der Waals surface area (Å²) in [6, 6.07) is 8.13. The van der Waals surface area contributed by atoms with Crippen LogP contribution in [0.1, 0.15) is 22.4 Å². The molecule has 134 valence electrons. The van der Waals surface area contributed by atoms with Gasteiger partial charge in [-0.1, -0.05) is 35.9 Å². The summed E-state index contributed by atoms with van der Waals surface area (Å²) in [4.78, 5) is 16.1. The van der Waals surface area contributed by atoms with Gasteiger partial charge in [0.25, 0.3) is 0 Å². The zero-order chi connectivity index (χ0) is 18.5. The van der Waals surface area contributed by atoms with Crippen molar-refractivity contribution in [2.24, 2.45) is 7.05 Å². The normalized spacial score (nSPS) is 11.2. The first-order valence-electron chi connectivity index (χ1n) is 8.21. The van der Waals surface area contributed by atoms with Gasteiger partial charge in [0.1, 0.15) is 5.15 Å². The lowest BCUT2D eigenvalue weighted by molar-refractivity contribution is -0.116.